The molecule has 4 rings (SSSR count). The van der Waals surface area contributed by atoms with Crippen LogP contribution in [-0.4, -0.2) is 48.0 Å². The summed E-state index contributed by atoms with van der Waals surface area (Å²) in [6.45, 7) is 5.12. The van der Waals surface area contributed by atoms with Crippen LogP contribution in [0.15, 0.2) is 30.3 Å². The van der Waals surface area contributed by atoms with Crippen molar-refractivity contribution in [3.63, 3.8) is 0 Å². The normalized spacial score (nSPS) is 22.4. The molecular weight excluding hydrogens is 340 g/mol. The summed E-state index contributed by atoms with van der Waals surface area (Å²) in [5, 5.41) is 0. The van der Waals surface area contributed by atoms with Crippen molar-refractivity contribution in [1.29, 1.82) is 0 Å². The van der Waals surface area contributed by atoms with Gasteiger partial charge >= 0.3 is 0 Å². The fourth-order valence-electron chi connectivity index (χ4n) is 3.85. The highest BCUT2D eigenvalue weighted by molar-refractivity contribution is 5.94. The molecule has 1 saturated carbocycles. The van der Waals surface area contributed by atoms with E-state index >= 15 is 0 Å². The topological polar surface area (TPSA) is 101 Å². The maximum atomic E-state index is 11.4. The molecule has 4 N–H and O–H groups in total. The molecule has 0 bridgehead atoms. The molecule has 1 aromatic carbocycles. The van der Waals surface area contributed by atoms with Gasteiger partial charge in [0.2, 0.25) is 5.95 Å². The molecule has 1 saturated heterocycles. The van der Waals surface area contributed by atoms with Gasteiger partial charge < -0.3 is 21.3 Å². The van der Waals surface area contributed by atoms with E-state index in [2.05, 4.69) is 25.8 Å². The Morgan fingerprint density at radius 1 is 1.04 bits per heavy atom. The summed E-state index contributed by atoms with van der Waals surface area (Å²) >= 11 is 0. The lowest BCUT2D eigenvalue weighted by atomic mass is 9.78. The molecule has 1 aromatic heterocycles. The number of aromatic nitrogens is 2. The average molecular weight is 366 g/mol. The van der Waals surface area contributed by atoms with Crippen molar-refractivity contribution >= 4 is 23.2 Å². The van der Waals surface area contributed by atoms with Crippen LogP contribution < -0.4 is 21.3 Å². The van der Waals surface area contributed by atoms with Crippen molar-refractivity contribution < 1.29 is 4.79 Å². The predicted octanol–water partition coefficient (Wildman–Crippen LogP) is 1.79. The van der Waals surface area contributed by atoms with Crippen LogP contribution >= 0.6 is 0 Å². The number of nitrogen functional groups attached to an aromatic ring is 1. The van der Waals surface area contributed by atoms with Crippen LogP contribution in [0, 0.1) is 0 Å². The van der Waals surface area contributed by atoms with Crippen molar-refractivity contribution in [3.8, 4) is 0 Å². The number of ketones is 1. The van der Waals surface area contributed by atoms with Crippen molar-refractivity contribution in [2.75, 3.05) is 41.7 Å². The first-order valence-corrected chi connectivity index (χ1v) is 9.50. The molecule has 142 valence electrons. The number of nitrogens with two attached hydrogens (primary N) is 2. The highest BCUT2D eigenvalue weighted by Gasteiger charge is 2.30. The number of anilines is 3. The standard InChI is InChI=1S/C20H26N6O/c1-13(27)14-2-4-17(5-3-14)25-6-8-26(9-7-25)19-12-18(23-20(22)24-19)15-10-16(21)11-15/h2-5,12,15-16H,6-11,21H2,1H3,(H2,22,23,24). The summed E-state index contributed by atoms with van der Waals surface area (Å²) in [5.41, 5.74) is 14.8. The summed E-state index contributed by atoms with van der Waals surface area (Å²) in [6, 6.07) is 10.2. The van der Waals surface area contributed by atoms with E-state index < -0.39 is 0 Å². The quantitative estimate of drug-likeness (QED) is 0.796. The van der Waals surface area contributed by atoms with Gasteiger partial charge in [-0.3, -0.25) is 4.79 Å². The number of hydrogen-bond donors (Lipinski definition) is 2. The molecule has 2 aliphatic rings. The van der Waals surface area contributed by atoms with E-state index in [4.69, 9.17) is 11.5 Å². The highest BCUT2D eigenvalue weighted by Crippen LogP contribution is 2.36. The number of rotatable bonds is 4. The molecule has 7 nitrogen and oxygen atoms in total. The largest absolute Gasteiger partial charge is 0.368 e. The number of carbonyl (C=O) groups excluding carboxylic acids is 1. The van der Waals surface area contributed by atoms with Crippen molar-refractivity contribution in [1.82, 2.24) is 9.97 Å². The monoisotopic (exact) mass is 366 g/mol. The zero-order chi connectivity index (χ0) is 19.0. The summed E-state index contributed by atoms with van der Waals surface area (Å²) in [7, 11) is 0. The van der Waals surface area contributed by atoms with Gasteiger partial charge in [0, 0.05) is 55.5 Å². The summed E-state index contributed by atoms with van der Waals surface area (Å²) < 4.78 is 0. The fourth-order valence-corrected chi connectivity index (χ4v) is 3.85. The number of benzene rings is 1. The van der Waals surface area contributed by atoms with Crippen molar-refractivity contribution in [2.24, 2.45) is 5.73 Å². The van der Waals surface area contributed by atoms with Gasteiger partial charge in [0.25, 0.3) is 0 Å². The van der Waals surface area contributed by atoms with Crippen LogP contribution in [0.1, 0.15) is 41.7 Å². The molecule has 0 atom stereocenters. The first kappa shape index (κ1) is 17.7. The smallest absolute Gasteiger partial charge is 0.222 e. The second-order valence-corrected chi connectivity index (χ2v) is 7.51. The van der Waals surface area contributed by atoms with Gasteiger partial charge in [-0.25, -0.2) is 4.98 Å². The van der Waals surface area contributed by atoms with Gasteiger partial charge in [-0.05, 0) is 44.0 Å². The van der Waals surface area contributed by atoms with Crippen molar-refractivity contribution in [2.45, 2.75) is 31.7 Å². The number of hydrogen-bond acceptors (Lipinski definition) is 7. The van der Waals surface area contributed by atoms with E-state index in [0.717, 1.165) is 61.8 Å². The number of nitrogens with zero attached hydrogens (tertiary/aromatic N) is 4. The lowest BCUT2D eigenvalue weighted by Gasteiger charge is -2.37. The third-order valence-electron chi connectivity index (χ3n) is 5.59. The third-order valence-corrected chi connectivity index (χ3v) is 5.59. The SMILES string of the molecule is CC(=O)c1ccc(N2CCN(c3cc(C4CC(N)C4)nc(N)n3)CC2)cc1. The van der Waals surface area contributed by atoms with Crippen LogP contribution in [0.5, 0.6) is 0 Å². The van der Waals surface area contributed by atoms with Gasteiger partial charge in [0.05, 0.1) is 5.69 Å². The summed E-state index contributed by atoms with van der Waals surface area (Å²) in [6.07, 6.45) is 1.94. The Labute approximate surface area is 159 Å². The van der Waals surface area contributed by atoms with Crippen LogP contribution in [0.4, 0.5) is 17.5 Å². The Morgan fingerprint density at radius 3 is 2.26 bits per heavy atom. The first-order valence-electron chi connectivity index (χ1n) is 9.50. The summed E-state index contributed by atoms with van der Waals surface area (Å²) in [4.78, 5) is 24.9. The molecule has 7 heteroatoms. The Kier molecular flexibility index (Phi) is 4.70. The van der Waals surface area contributed by atoms with Crippen molar-refractivity contribution in [3.05, 3.63) is 41.6 Å². The van der Waals surface area contributed by atoms with Crippen LogP contribution in [-0.2, 0) is 0 Å². The molecule has 0 unspecified atom stereocenters. The maximum Gasteiger partial charge on any atom is 0.222 e. The molecule has 27 heavy (non-hydrogen) atoms. The number of Topliss-reactive ketones (excluding diaryl/α,β-unsaturated/α-hetero) is 1. The minimum atomic E-state index is 0.0935. The molecular formula is C20H26N6O. The number of carbonyl (C=O) groups is 1. The Bertz CT molecular complexity index is 823. The zero-order valence-corrected chi connectivity index (χ0v) is 15.6. The molecule has 2 aromatic rings. The van der Waals surface area contributed by atoms with Crippen LogP contribution in [0.3, 0.4) is 0 Å². The van der Waals surface area contributed by atoms with E-state index in [9.17, 15) is 4.79 Å². The Morgan fingerprint density at radius 2 is 1.67 bits per heavy atom. The van der Waals surface area contributed by atoms with Gasteiger partial charge in [-0.2, -0.15) is 4.98 Å². The third kappa shape index (κ3) is 3.73. The van der Waals surface area contributed by atoms with Crippen LogP contribution in [0.25, 0.3) is 0 Å². The van der Waals surface area contributed by atoms with E-state index in [-0.39, 0.29) is 11.8 Å². The minimum absolute atomic E-state index is 0.0935. The van der Waals surface area contributed by atoms with E-state index in [1.54, 1.807) is 6.92 Å². The van der Waals surface area contributed by atoms with Gasteiger partial charge in [0.1, 0.15) is 5.82 Å². The fraction of sp³-hybridized carbons (Fsp3) is 0.450. The lowest BCUT2D eigenvalue weighted by Crippen LogP contribution is -2.47. The zero-order valence-electron chi connectivity index (χ0n) is 15.6. The first-order chi connectivity index (χ1) is 13.0. The molecule has 0 radical (unpaired) electrons. The van der Waals surface area contributed by atoms with E-state index in [0.29, 0.717) is 11.9 Å². The molecule has 1 aliphatic carbocycles. The van der Waals surface area contributed by atoms with Gasteiger partial charge in [-0.1, -0.05) is 0 Å². The second-order valence-electron chi connectivity index (χ2n) is 7.51. The second kappa shape index (κ2) is 7.15. The molecule has 0 amide bonds. The molecule has 2 fully saturated rings. The maximum absolute atomic E-state index is 11.4. The predicted molar refractivity (Wildman–Crippen MR) is 107 cm³/mol. The van der Waals surface area contributed by atoms with Gasteiger partial charge in [-0.15, -0.1) is 0 Å². The summed E-state index contributed by atoms with van der Waals surface area (Å²) in [5.74, 6) is 1.75. The molecule has 0 spiro atoms. The van der Waals surface area contributed by atoms with E-state index in [1.807, 2.05) is 24.3 Å². The molecule has 1 aliphatic heterocycles. The van der Waals surface area contributed by atoms with Gasteiger partial charge in [0.15, 0.2) is 5.78 Å². The van der Waals surface area contributed by atoms with E-state index in [1.165, 1.54) is 0 Å². The minimum Gasteiger partial charge on any atom is -0.368 e. The highest BCUT2D eigenvalue weighted by atomic mass is 16.1. The lowest BCUT2D eigenvalue weighted by molar-refractivity contribution is 0.101. The van der Waals surface area contributed by atoms with Crippen LogP contribution in [0.2, 0.25) is 0 Å². The molecule has 2 heterocycles. The average Bonchev–Trinajstić information content (AvgIpc) is 2.65. The number of piperazine rings is 1. The Balaban J connectivity index is 1.42. The Hall–Kier alpha value is -2.67.